The van der Waals surface area contributed by atoms with Crippen molar-refractivity contribution in [2.24, 2.45) is 5.92 Å². The minimum atomic E-state index is -0.541. The highest BCUT2D eigenvalue weighted by Crippen LogP contribution is 2.18. The standard InChI is InChI=1S/C22H41N3O4/c1-5-6-7-8-9-10-13-19(26)25-16-11-12-18(17-25)20(27)23-14-15-24-21(28)29-22(2,3)4/h18H,5-17H2,1-4H3,(H,23,27)(H,24,28). The Bertz CT molecular complexity index is 517. The summed E-state index contributed by atoms with van der Waals surface area (Å²) in [5, 5.41) is 5.48. The Morgan fingerprint density at radius 1 is 1.00 bits per heavy atom. The number of amides is 3. The molecule has 1 saturated heterocycles. The van der Waals surface area contributed by atoms with Crippen LogP contribution in [0.3, 0.4) is 0 Å². The Morgan fingerprint density at radius 3 is 2.34 bits per heavy atom. The lowest BCUT2D eigenvalue weighted by molar-refractivity contribution is -0.135. The molecule has 0 bridgehead atoms. The van der Waals surface area contributed by atoms with Crippen molar-refractivity contribution >= 4 is 17.9 Å². The Kier molecular flexibility index (Phi) is 11.7. The highest BCUT2D eigenvalue weighted by molar-refractivity contribution is 5.81. The predicted molar refractivity (Wildman–Crippen MR) is 115 cm³/mol. The molecule has 168 valence electrons. The highest BCUT2D eigenvalue weighted by atomic mass is 16.6. The first-order chi connectivity index (χ1) is 13.7. The molecule has 0 aromatic carbocycles. The monoisotopic (exact) mass is 411 g/mol. The van der Waals surface area contributed by atoms with Crippen LogP contribution in [0.5, 0.6) is 0 Å². The van der Waals surface area contributed by atoms with Crippen molar-refractivity contribution in [3.63, 3.8) is 0 Å². The SMILES string of the molecule is CCCCCCCCC(=O)N1CCCC(C(=O)NCCNC(=O)OC(C)(C)C)C1. The average Bonchev–Trinajstić information content (AvgIpc) is 2.66. The maximum Gasteiger partial charge on any atom is 0.407 e. The highest BCUT2D eigenvalue weighted by Gasteiger charge is 2.28. The molecule has 3 amide bonds. The lowest BCUT2D eigenvalue weighted by atomic mass is 9.96. The molecule has 0 spiro atoms. The summed E-state index contributed by atoms with van der Waals surface area (Å²) in [4.78, 5) is 38.3. The molecule has 0 aromatic rings. The van der Waals surface area contributed by atoms with E-state index >= 15 is 0 Å². The lowest BCUT2D eigenvalue weighted by Gasteiger charge is -2.32. The summed E-state index contributed by atoms with van der Waals surface area (Å²) in [5.41, 5.74) is -0.541. The minimum absolute atomic E-state index is 0.0481. The minimum Gasteiger partial charge on any atom is -0.444 e. The summed E-state index contributed by atoms with van der Waals surface area (Å²) in [5.74, 6) is -0.0450. The molecule has 0 aromatic heterocycles. The fourth-order valence-corrected chi connectivity index (χ4v) is 3.44. The molecule has 1 aliphatic rings. The predicted octanol–water partition coefficient (Wildman–Crippen LogP) is 3.62. The molecule has 1 unspecified atom stereocenters. The number of rotatable bonds is 11. The van der Waals surface area contributed by atoms with Crippen molar-refractivity contribution in [2.45, 2.75) is 91.1 Å². The molecule has 29 heavy (non-hydrogen) atoms. The topological polar surface area (TPSA) is 87.7 Å². The molecule has 1 fully saturated rings. The zero-order chi connectivity index (χ0) is 21.7. The van der Waals surface area contributed by atoms with Crippen molar-refractivity contribution < 1.29 is 19.1 Å². The average molecular weight is 412 g/mol. The van der Waals surface area contributed by atoms with Gasteiger partial charge in [0.15, 0.2) is 0 Å². The van der Waals surface area contributed by atoms with Gasteiger partial charge in [-0.05, 0) is 40.0 Å². The van der Waals surface area contributed by atoms with E-state index in [0.29, 0.717) is 26.1 Å². The fourth-order valence-electron chi connectivity index (χ4n) is 3.44. The van der Waals surface area contributed by atoms with Gasteiger partial charge in [0, 0.05) is 32.6 Å². The Hall–Kier alpha value is -1.79. The summed E-state index contributed by atoms with van der Waals surface area (Å²) < 4.78 is 5.15. The summed E-state index contributed by atoms with van der Waals surface area (Å²) >= 11 is 0. The third kappa shape index (κ3) is 11.7. The number of likely N-dealkylation sites (tertiary alicyclic amines) is 1. The first-order valence-corrected chi connectivity index (χ1v) is 11.2. The van der Waals surface area contributed by atoms with Gasteiger partial charge in [0.25, 0.3) is 0 Å². The number of ether oxygens (including phenoxy) is 1. The van der Waals surface area contributed by atoms with Crippen molar-refractivity contribution in [3.05, 3.63) is 0 Å². The first kappa shape index (κ1) is 25.2. The molecule has 7 nitrogen and oxygen atoms in total. The van der Waals surface area contributed by atoms with E-state index in [0.717, 1.165) is 32.2 Å². The summed E-state index contributed by atoms with van der Waals surface area (Å²) in [6.07, 6.45) is 8.74. The fraction of sp³-hybridized carbons (Fsp3) is 0.864. The third-order valence-corrected chi connectivity index (χ3v) is 4.98. The molecule has 2 N–H and O–H groups in total. The van der Waals surface area contributed by atoms with Crippen molar-refractivity contribution in [1.29, 1.82) is 0 Å². The second kappa shape index (κ2) is 13.4. The van der Waals surface area contributed by atoms with Gasteiger partial charge in [-0.2, -0.15) is 0 Å². The van der Waals surface area contributed by atoms with E-state index in [1.54, 1.807) is 20.8 Å². The zero-order valence-corrected chi connectivity index (χ0v) is 18.8. The number of hydrogen-bond acceptors (Lipinski definition) is 4. The van der Waals surface area contributed by atoms with Gasteiger partial charge in [-0.3, -0.25) is 9.59 Å². The maximum absolute atomic E-state index is 12.4. The molecule has 1 rings (SSSR count). The van der Waals surface area contributed by atoms with Gasteiger partial charge in [-0.15, -0.1) is 0 Å². The van der Waals surface area contributed by atoms with Crippen LogP contribution in [0.15, 0.2) is 0 Å². The van der Waals surface area contributed by atoms with Gasteiger partial charge in [-0.1, -0.05) is 39.0 Å². The molecule has 1 heterocycles. The van der Waals surface area contributed by atoms with Crippen LogP contribution in [0.2, 0.25) is 0 Å². The number of piperidine rings is 1. The molecule has 0 aliphatic carbocycles. The van der Waals surface area contributed by atoms with Crippen LogP contribution in [0.4, 0.5) is 4.79 Å². The number of unbranched alkanes of at least 4 members (excludes halogenated alkanes) is 5. The van der Waals surface area contributed by atoms with Crippen LogP contribution in [-0.2, 0) is 14.3 Å². The van der Waals surface area contributed by atoms with Crippen LogP contribution >= 0.6 is 0 Å². The molecular weight excluding hydrogens is 370 g/mol. The summed E-state index contributed by atoms with van der Waals surface area (Å²) in [6.45, 7) is 9.52. The first-order valence-electron chi connectivity index (χ1n) is 11.2. The van der Waals surface area contributed by atoms with Crippen LogP contribution in [0.1, 0.15) is 85.5 Å². The van der Waals surface area contributed by atoms with E-state index in [4.69, 9.17) is 4.74 Å². The van der Waals surface area contributed by atoms with E-state index in [2.05, 4.69) is 17.6 Å². The van der Waals surface area contributed by atoms with E-state index in [-0.39, 0.29) is 17.7 Å². The van der Waals surface area contributed by atoms with Crippen LogP contribution in [-0.4, -0.2) is 54.6 Å². The quantitative estimate of drug-likeness (QED) is 0.508. The molecule has 0 saturated carbocycles. The third-order valence-electron chi connectivity index (χ3n) is 4.98. The smallest absolute Gasteiger partial charge is 0.407 e. The largest absolute Gasteiger partial charge is 0.444 e. The zero-order valence-electron chi connectivity index (χ0n) is 18.8. The number of nitrogens with one attached hydrogen (secondary N) is 2. The number of nitrogens with zero attached hydrogens (tertiary/aromatic N) is 1. The molecular formula is C22H41N3O4. The van der Waals surface area contributed by atoms with Crippen molar-refractivity contribution in [3.8, 4) is 0 Å². The van der Waals surface area contributed by atoms with Gasteiger partial charge >= 0.3 is 6.09 Å². The van der Waals surface area contributed by atoms with Crippen molar-refractivity contribution in [1.82, 2.24) is 15.5 Å². The Balaban J connectivity index is 2.23. The second-order valence-corrected chi connectivity index (χ2v) is 8.92. The summed E-state index contributed by atoms with van der Waals surface area (Å²) in [7, 11) is 0. The van der Waals surface area contributed by atoms with E-state index in [1.807, 2.05) is 4.90 Å². The number of carbonyl (C=O) groups is 3. The summed E-state index contributed by atoms with van der Waals surface area (Å²) in [6, 6.07) is 0. The van der Waals surface area contributed by atoms with Gasteiger partial charge in [0.05, 0.1) is 5.92 Å². The molecule has 1 aliphatic heterocycles. The number of hydrogen-bond donors (Lipinski definition) is 2. The Morgan fingerprint density at radius 2 is 1.66 bits per heavy atom. The van der Waals surface area contributed by atoms with Crippen LogP contribution in [0.25, 0.3) is 0 Å². The van der Waals surface area contributed by atoms with E-state index in [9.17, 15) is 14.4 Å². The number of carbonyl (C=O) groups excluding carboxylic acids is 3. The molecule has 0 radical (unpaired) electrons. The lowest BCUT2D eigenvalue weighted by Crippen LogP contribution is -2.46. The van der Waals surface area contributed by atoms with Gasteiger partial charge in [0.1, 0.15) is 5.60 Å². The Labute approximate surface area is 176 Å². The van der Waals surface area contributed by atoms with Crippen LogP contribution < -0.4 is 10.6 Å². The maximum atomic E-state index is 12.4. The van der Waals surface area contributed by atoms with Gasteiger partial charge in [-0.25, -0.2) is 4.79 Å². The molecule has 7 heteroatoms. The molecule has 1 atom stereocenters. The van der Waals surface area contributed by atoms with Gasteiger partial charge < -0.3 is 20.3 Å². The number of alkyl carbamates (subject to hydrolysis) is 1. The normalized spacial score (nSPS) is 17.0. The van der Waals surface area contributed by atoms with Gasteiger partial charge in [0.2, 0.25) is 11.8 Å². The van der Waals surface area contributed by atoms with E-state index in [1.165, 1.54) is 25.7 Å². The van der Waals surface area contributed by atoms with Crippen molar-refractivity contribution in [2.75, 3.05) is 26.2 Å². The van der Waals surface area contributed by atoms with E-state index < -0.39 is 11.7 Å². The second-order valence-electron chi connectivity index (χ2n) is 8.92. The van der Waals surface area contributed by atoms with Crippen LogP contribution in [0, 0.1) is 5.92 Å².